The van der Waals surface area contributed by atoms with Crippen molar-refractivity contribution in [1.29, 1.82) is 0 Å². The summed E-state index contributed by atoms with van der Waals surface area (Å²) >= 11 is 5.73. The Bertz CT molecular complexity index is 586. The van der Waals surface area contributed by atoms with Gasteiger partial charge in [-0.25, -0.2) is 0 Å². The molecule has 2 rings (SSSR count). The SMILES string of the molecule is O=[N+]([O-])c1ncn(CC(O)COc2ccc(Cl)cc2)n1. The van der Waals surface area contributed by atoms with E-state index in [2.05, 4.69) is 10.1 Å². The number of aliphatic hydroxyl groups is 1. The summed E-state index contributed by atoms with van der Waals surface area (Å²) in [7, 11) is 0. The van der Waals surface area contributed by atoms with Crippen LogP contribution in [0, 0.1) is 10.1 Å². The Morgan fingerprint density at radius 3 is 2.75 bits per heavy atom. The molecule has 0 spiro atoms. The van der Waals surface area contributed by atoms with Crippen LogP contribution in [-0.4, -0.2) is 37.5 Å². The van der Waals surface area contributed by atoms with E-state index in [0.29, 0.717) is 10.8 Å². The van der Waals surface area contributed by atoms with Crippen molar-refractivity contribution in [2.24, 2.45) is 0 Å². The predicted molar refractivity (Wildman–Crippen MR) is 69.6 cm³/mol. The summed E-state index contributed by atoms with van der Waals surface area (Å²) in [5, 5.41) is 24.3. The van der Waals surface area contributed by atoms with Crippen LogP contribution in [0.5, 0.6) is 5.75 Å². The minimum atomic E-state index is -0.869. The van der Waals surface area contributed by atoms with Gasteiger partial charge in [0, 0.05) is 10.1 Å². The highest BCUT2D eigenvalue weighted by atomic mass is 35.5. The van der Waals surface area contributed by atoms with E-state index in [1.54, 1.807) is 24.3 Å². The summed E-state index contributed by atoms with van der Waals surface area (Å²) in [4.78, 5) is 13.2. The van der Waals surface area contributed by atoms with E-state index < -0.39 is 17.0 Å². The van der Waals surface area contributed by atoms with E-state index in [0.717, 1.165) is 0 Å². The first-order valence-corrected chi connectivity index (χ1v) is 6.02. The smallest absolute Gasteiger partial charge is 0.490 e. The Hall–Kier alpha value is -2.19. The Kier molecular flexibility index (Phi) is 4.49. The van der Waals surface area contributed by atoms with E-state index in [1.807, 2.05) is 0 Å². The number of hydrogen-bond donors (Lipinski definition) is 1. The molecule has 1 N–H and O–H groups in total. The van der Waals surface area contributed by atoms with Crippen LogP contribution in [0.4, 0.5) is 5.95 Å². The Morgan fingerprint density at radius 2 is 2.15 bits per heavy atom. The summed E-state index contributed by atoms with van der Waals surface area (Å²) < 4.78 is 6.53. The first-order chi connectivity index (χ1) is 9.54. The number of benzene rings is 1. The highest BCUT2D eigenvalue weighted by Gasteiger charge is 2.16. The fourth-order valence-electron chi connectivity index (χ4n) is 1.45. The maximum Gasteiger partial charge on any atom is 0.490 e. The minimum Gasteiger partial charge on any atom is -0.491 e. The van der Waals surface area contributed by atoms with Crippen molar-refractivity contribution in [2.75, 3.05) is 6.61 Å². The number of rotatable bonds is 6. The molecule has 20 heavy (non-hydrogen) atoms. The van der Waals surface area contributed by atoms with E-state index in [1.165, 1.54) is 11.0 Å². The topological polar surface area (TPSA) is 103 Å². The lowest BCUT2D eigenvalue weighted by atomic mass is 10.3. The van der Waals surface area contributed by atoms with Crippen LogP contribution in [0.1, 0.15) is 0 Å². The number of ether oxygens (including phenoxy) is 1. The third kappa shape index (κ3) is 3.90. The number of nitro groups is 1. The van der Waals surface area contributed by atoms with E-state index in [4.69, 9.17) is 16.3 Å². The fraction of sp³-hybridized carbons (Fsp3) is 0.273. The molecule has 106 valence electrons. The van der Waals surface area contributed by atoms with Crippen LogP contribution in [0.15, 0.2) is 30.6 Å². The number of halogens is 1. The lowest BCUT2D eigenvalue weighted by Crippen LogP contribution is -2.23. The molecule has 8 nitrogen and oxygen atoms in total. The number of nitrogens with zero attached hydrogens (tertiary/aromatic N) is 4. The van der Waals surface area contributed by atoms with Crippen LogP contribution in [0.2, 0.25) is 5.02 Å². The highest BCUT2D eigenvalue weighted by Crippen LogP contribution is 2.15. The molecule has 0 bridgehead atoms. The van der Waals surface area contributed by atoms with Crippen LogP contribution in [-0.2, 0) is 6.54 Å². The number of aliphatic hydroxyl groups excluding tert-OH is 1. The predicted octanol–water partition coefficient (Wildman–Crippen LogP) is 1.28. The minimum absolute atomic E-state index is 0.0231. The second kappa shape index (κ2) is 6.31. The van der Waals surface area contributed by atoms with Crippen LogP contribution >= 0.6 is 11.6 Å². The Morgan fingerprint density at radius 1 is 1.45 bits per heavy atom. The zero-order valence-electron chi connectivity index (χ0n) is 10.2. The Labute approximate surface area is 118 Å². The molecule has 9 heteroatoms. The Balaban J connectivity index is 1.84. The van der Waals surface area contributed by atoms with E-state index in [-0.39, 0.29) is 13.2 Å². The monoisotopic (exact) mass is 298 g/mol. The molecule has 1 atom stereocenters. The first kappa shape index (κ1) is 14.2. The average Bonchev–Trinajstić information content (AvgIpc) is 2.87. The second-order valence-corrected chi connectivity index (χ2v) is 4.38. The number of aromatic nitrogens is 3. The van der Waals surface area contributed by atoms with Crippen LogP contribution in [0.3, 0.4) is 0 Å². The molecule has 1 aromatic heterocycles. The summed E-state index contributed by atoms with van der Waals surface area (Å²) in [5.41, 5.74) is 0. The summed E-state index contributed by atoms with van der Waals surface area (Å²) in [6.45, 7) is 0.0731. The van der Waals surface area contributed by atoms with E-state index in [9.17, 15) is 15.2 Å². The van der Waals surface area contributed by atoms with Gasteiger partial charge in [0.2, 0.25) is 6.33 Å². The maximum atomic E-state index is 10.4. The maximum absolute atomic E-state index is 10.4. The second-order valence-electron chi connectivity index (χ2n) is 3.94. The zero-order valence-corrected chi connectivity index (χ0v) is 11.0. The molecule has 1 unspecified atom stereocenters. The van der Waals surface area contributed by atoms with Gasteiger partial charge in [-0.1, -0.05) is 16.6 Å². The van der Waals surface area contributed by atoms with Crippen molar-refractivity contribution in [3.8, 4) is 5.75 Å². The lowest BCUT2D eigenvalue weighted by Gasteiger charge is -2.10. The van der Waals surface area contributed by atoms with Gasteiger partial charge in [-0.2, -0.15) is 4.68 Å². The van der Waals surface area contributed by atoms with Gasteiger partial charge in [-0.05, 0) is 29.2 Å². The molecule has 0 saturated carbocycles. The largest absolute Gasteiger partial charge is 0.491 e. The molecule has 2 aromatic rings. The third-order valence-electron chi connectivity index (χ3n) is 2.34. The number of hydrogen-bond acceptors (Lipinski definition) is 6. The summed E-state index contributed by atoms with van der Waals surface area (Å²) in [6, 6.07) is 6.69. The van der Waals surface area contributed by atoms with Gasteiger partial charge in [0.15, 0.2) is 0 Å². The van der Waals surface area contributed by atoms with Gasteiger partial charge < -0.3 is 20.0 Å². The van der Waals surface area contributed by atoms with Crippen molar-refractivity contribution in [1.82, 2.24) is 14.8 Å². The standard InChI is InChI=1S/C11H11ClN4O4/c12-8-1-3-10(4-2-8)20-6-9(17)5-15-7-13-11(14-15)16(18)19/h1-4,7,9,17H,5-6H2. The van der Waals surface area contributed by atoms with Gasteiger partial charge in [-0.3, -0.25) is 0 Å². The molecular weight excluding hydrogens is 288 g/mol. The summed E-state index contributed by atoms with van der Waals surface area (Å²) in [5.74, 6) is 0.0637. The van der Waals surface area contributed by atoms with Crippen molar-refractivity contribution in [3.05, 3.63) is 45.7 Å². The van der Waals surface area contributed by atoms with Crippen LogP contribution < -0.4 is 4.74 Å². The first-order valence-electron chi connectivity index (χ1n) is 5.65. The normalized spacial score (nSPS) is 12.1. The molecule has 1 heterocycles. The van der Waals surface area contributed by atoms with Crippen molar-refractivity contribution >= 4 is 17.5 Å². The molecule has 0 radical (unpaired) electrons. The molecule has 0 fully saturated rings. The molecular formula is C11H11ClN4O4. The molecule has 0 amide bonds. The third-order valence-corrected chi connectivity index (χ3v) is 2.59. The molecule has 0 aliphatic heterocycles. The van der Waals surface area contributed by atoms with Gasteiger partial charge in [-0.15, -0.1) is 0 Å². The van der Waals surface area contributed by atoms with Gasteiger partial charge in [0.1, 0.15) is 18.5 Å². The molecule has 0 saturated heterocycles. The van der Waals surface area contributed by atoms with Crippen molar-refractivity contribution in [2.45, 2.75) is 12.6 Å². The molecule has 0 aliphatic carbocycles. The van der Waals surface area contributed by atoms with Crippen molar-refractivity contribution in [3.63, 3.8) is 0 Å². The van der Waals surface area contributed by atoms with E-state index >= 15 is 0 Å². The average molecular weight is 299 g/mol. The fourth-order valence-corrected chi connectivity index (χ4v) is 1.57. The lowest BCUT2D eigenvalue weighted by molar-refractivity contribution is -0.394. The van der Waals surface area contributed by atoms with Crippen molar-refractivity contribution < 1.29 is 14.8 Å². The van der Waals surface area contributed by atoms with Crippen LogP contribution in [0.25, 0.3) is 0 Å². The van der Waals surface area contributed by atoms with Gasteiger partial charge in [0.25, 0.3) is 0 Å². The molecule has 0 aliphatic rings. The quantitative estimate of drug-likeness (QED) is 0.636. The van der Waals surface area contributed by atoms with Gasteiger partial charge >= 0.3 is 5.95 Å². The summed E-state index contributed by atoms with van der Waals surface area (Å²) in [6.07, 6.45) is 0.316. The molecule has 1 aromatic carbocycles. The highest BCUT2D eigenvalue weighted by molar-refractivity contribution is 6.30. The van der Waals surface area contributed by atoms with Gasteiger partial charge in [0.05, 0.1) is 6.54 Å². The zero-order chi connectivity index (χ0) is 14.5.